The Hall–Kier alpha value is -2.27. The van der Waals surface area contributed by atoms with Crippen LogP contribution in [-0.4, -0.2) is 30.5 Å². The number of nitrogens with one attached hydrogen (secondary N) is 1. The van der Waals surface area contributed by atoms with Gasteiger partial charge in [0.2, 0.25) is 5.78 Å². The minimum Gasteiger partial charge on any atom is -0.485 e. The summed E-state index contributed by atoms with van der Waals surface area (Å²) in [5.74, 6) is -0.161. The summed E-state index contributed by atoms with van der Waals surface area (Å²) in [5.41, 5.74) is 1.92. The number of hydrogen-bond acceptors (Lipinski definition) is 4. The van der Waals surface area contributed by atoms with Crippen molar-refractivity contribution in [2.24, 2.45) is 0 Å². The molecule has 0 unspecified atom stereocenters. The number of ketones is 1. The molecule has 6 heteroatoms. The molecule has 2 aromatic rings. The largest absolute Gasteiger partial charge is 0.485 e. The number of methoxy groups -OCH3 is 1. The first-order chi connectivity index (χ1) is 10.4. The summed E-state index contributed by atoms with van der Waals surface area (Å²) >= 11 is 5.79. The Morgan fingerprint density at radius 2 is 1.82 bits per heavy atom. The van der Waals surface area contributed by atoms with Gasteiger partial charge in [-0.2, -0.15) is 0 Å². The number of aromatic nitrogens is 1. The molecule has 2 rings (SSSR count). The van der Waals surface area contributed by atoms with Gasteiger partial charge in [-0.05, 0) is 43.7 Å². The summed E-state index contributed by atoms with van der Waals surface area (Å²) in [6.07, 6.45) is 0. The van der Waals surface area contributed by atoms with E-state index in [0.29, 0.717) is 27.6 Å². The van der Waals surface area contributed by atoms with Crippen molar-refractivity contribution in [3.8, 4) is 5.75 Å². The number of Topliss-reactive ketones (excluding diaryl/α,β-unsaturated/α-hetero) is 1. The average molecular weight is 322 g/mol. The van der Waals surface area contributed by atoms with Gasteiger partial charge in [-0.1, -0.05) is 11.6 Å². The number of esters is 1. The quantitative estimate of drug-likeness (QED) is 0.677. The van der Waals surface area contributed by atoms with Gasteiger partial charge in [-0.25, -0.2) is 4.79 Å². The number of rotatable bonds is 5. The van der Waals surface area contributed by atoms with Crippen molar-refractivity contribution in [1.82, 2.24) is 4.98 Å². The van der Waals surface area contributed by atoms with E-state index in [2.05, 4.69) is 9.72 Å². The summed E-state index contributed by atoms with van der Waals surface area (Å²) in [5, 5.41) is 0.596. The van der Waals surface area contributed by atoms with Crippen LogP contribution < -0.4 is 4.74 Å². The standard InChI is InChI=1S/C16H16ClNO4/c1-9-14(10(2)18-15(9)16(20)21-3)13(19)8-22-12-6-4-11(17)5-7-12/h4-7,18H,8H2,1-3H3. The van der Waals surface area contributed by atoms with Crippen LogP contribution in [0.15, 0.2) is 24.3 Å². The summed E-state index contributed by atoms with van der Waals surface area (Å²) < 4.78 is 10.1. The number of aryl methyl sites for hydroxylation is 1. The zero-order valence-corrected chi connectivity index (χ0v) is 13.3. The molecule has 0 atom stereocenters. The van der Waals surface area contributed by atoms with Gasteiger partial charge in [0.1, 0.15) is 11.4 Å². The molecule has 1 N–H and O–H groups in total. The first-order valence-corrected chi connectivity index (χ1v) is 7.01. The van der Waals surface area contributed by atoms with E-state index in [1.54, 1.807) is 38.1 Å². The van der Waals surface area contributed by atoms with Crippen molar-refractivity contribution in [1.29, 1.82) is 0 Å². The molecular weight excluding hydrogens is 306 g/mol. The third kappa shape index (κ3) is 3.31. The fourth-order valence-electron chi connectivity index (χ4n) is 2.23. The third-order valence-corrected chi connectivity index (χ3v) is 3.54. The minimum atomic E-state index is -0.502. The van der Waals surface area contributed by atoms with Crippen molar-refractivity contribution in [2.75, 3.05) is 13.7 Å². The molecule has 0 aliphatic heterocycles. The maximum Gasteiger partial charge on any atom is 0.354 e. The van der Waals surface area contributed by atoms with Gasteiger partial charge in [0.05, 0.1) is 7.11 Å². The number of aromatic amines is 1. The van der Waals surface area contributed by atoms with Crippen molar-refractivity contribution in [3.63, 3.8) is 0 Å². The SMILES string of the molecule is COC(=O)c1[nH]c(C)c(C(=O)COc2ccc(Cl)cc2)c1C. The van der Waals surface area contributed by atoms with Crippen molar-refractivity contribution < 1.29 is 19.1 Å². The Morgan fingerprint density at radius 1 is 1.18 bits per heavy atom. The molecule has 0 aliphatic rings. The summed E-state index contributed by atoms with van der Waals surface area (Å²) in [4.78, 5) is 26.8. The lowest BCUT2D eigenvalue weighted by atomic mass is 10.1. The third-order valence-electron chi connectivity index (χ3n) is 3.29. The van der Waals surface area contributed by atoms with Crippen molar-refractivity contribution >= 4 is 23.4 Å². The number of H-pyrrole nitrogens is 1. The van der Waals surface area contributed by atoms with Gasteiger partial charge in [0.15, 0.2) is 6.61 Å². The van der Waals surface area contributed by atoms with E-state index in [0.717, 1.165) is 0 Å². The van der Waals surface area contributed by atoms with Crippen LogP contribution in [-0.2, 0) is 4.74 Å². The topological polar surface area (TPSA) is 68.4 Å². The summed E-state index contributed by atoms with van der Waals surface area (Å²) in [6.45, 7) is 3.31. The van der Waals surface area contributed by atoms with Crippen LogP contribution in [0.4, 0.5) is 0 Å². The Labute approximate surface area is 133 Å². The molecule has 0 spiro atoms. The lowest BCUT2D eigenvalue weighted by molar-refractivity contribution is 0.0594. The molecule has 1 aromatic heterocycles. The zero-order chi connectivity index (χ0) is 16.3. The minimum absolute atomic E-state index is 0.123. The lowest BCUT2D eigenvalue weighted by Gasteiger charge is -2.06. The Kier molecular flexibility index (Phi) is 4.88. The molecule has 0 fully saturated rings. The van der Waals surface area contributed by atoms with Crippen LogP contribution in [0.2, 0.25) is 5.02 Å². The van der Waals surface area contributed by atoms with Crippen LogP contribution >= 0.6 is 11.6 Å². The van der Waals surface area contributed by atoms with E-state index in [4.69, 9.17) is 16.3 Å². The first kappa shape index (κ1) is 16.1. The Balaban J connectivity index is 2.14. The number of carbonyl (C=O) groups excluding carboxylic acids is 2. The molecule has 0 saturated carbocycles. The van der Waals surface area contributed by atoms with Gasteiger partial charge >= 0.3 is 5.97 Å². The molecule has 0 bridgehead atoms. The fourth-order valence-corrected chi connectivity index (χ4v) is 2.35. The number of ether oxygens (including phenoxy) is 2. The Morgan fingerprint density at radius 3 is 2.41 bits per heavy atom. The van der Waals surface area contributed by atoms with Gasteiger partial charge in [-0.3, -0.25) is 4.79 Å². The van der Waals surface area contributed by atoms with Crippen LogP contribution in [0.3, 0.4) is 0 Å². The van der Waals surface area contributed by atoms with E-state index >= 15 is 0 Å². The first-order valence-electron chi connectivity index (χ1n) is 6.63. The number of halogens is 1. The second-order valence-electron chi connectivity index (χ2n) is 4.78. The highest BCUT2D eigenvalue weighted by Crippen LogP contribution is 2.20. The van der Waals surface area contributed by atoms with Crippen LogP contribution in [0.25, 0.3) is 0 Å². The molecular formula is C16H16ClNO4. The molecule has 0 amide bonds. The van der Waals surface area contributed by atoms with Gasteiger partial charge < -0.3 is 14.5 Å². The Bertz CT molecular complexity index is 704. The molecule has 0 radical (unpaired) electrons. The fraction of sp³-hybridized carbons (Fsp3) is 0.250. The smallest absolute Gasteiger partial charge is 0.354 e. The van der Waals surface area contributed by atoms with E-state index in [9.17, 15) is 9.59 Å². The normalized spacial score (nSPS) is 10.4. The monoisotopic (exact) mass is 321 g/mol. The van der Waals surface area contributed by atoms with Gasteiger partial charge in [-0.15, -0.1) is 0 Å². The number of carbonyl (C=O) groups is 2. The molecule has 22 heavy (non-hydrogen) atoms. The van der Waals surface area contributed by atoms with E-state index in [-0.39, 0.29) is 18.1 Å². The maximum absolute atomic E-state index is 12.3. The maximum atomic E-state index is 12.3. The highest BCUT2D eigenvalue weighted by Gasteiger charge is 2.22. The second kappa shape index (κ2) is 6.66. The lowest BCUT2D eigenvalue weighted by Crippen LogP contribution is -2.13. The van der Waals surface area contributed by atoms with E-state index in [1.807, 2.05) is 0 Å². The van der Waals surface area contributed by atoms with Gasteiger partial charge in [0, 0.05) is 16.3 Å². The molecule has 1 heterocycles. The molecule has 5 nitrogen and oxygen atoms in total. The number of benzene rings is 1. The van der Waals surface area contributed by atoms with E-state index in [1.165, 1.54) is 7.11 Å². The number of hydrogen-bond donors (Lipinski definition) is 1. The van der Waals surface area contributed by atoms with Crippen LogP contribution in [0, 0.1) is 13.8 Å². The van der Waals surface area contributed by atoms with Crippen LogP contribution in [0.5, 0.6) is 5.75 Å². The second-order valence-corrected chi connectivity index (χ2v) is 5.22. The highest BCUT2D eigenvalue weighted by atomic mass is 35.5. The molecule has 0 saturated heterocycles. The summed E-state index contributed by atoms with van der Waals surface area (Å²) in [6, 6.07) is 6.74. The molecule has 1 aromatic carbocycles. The van der Waals surface area contributed by atoms with Crippen molar-refractivity contribution in [2.45, 2.75) is 13.8 Å². The summed E-state index contributed by atoms with van der Waals surface area (Å²) in [7, 11) is 1.29. The molecule has 116 valence electrons. The van der Waals surface area contributed by atoms with E-state index < -0.39 is 5.97 Å². The zero-order valence-electron chi connectivity index (χ0n) is 12.5. The highest BCUT2D eigenvalue weighted by molar-refractivity contribution is 6.30. The predicted octanol–water partition coefficient (Wildman–Crippen LogP) is 3.33. The van der Waals surface area contributed by atoms with Gasteiger partial charge in [0.25, 0.3) is 0 Å². The van der Waals surface area contributed by atoms with Crippen LogP contribution in [0.1, 0.15) is 32.1 Å². The molecule has 0 aliphatic carbocycles. The predicted molar refractivity (Wildman–Crippen MR) is 82.9 cm³/mol. The average Bonchev–Trinajstić information content (AvgIpc) is 2.80. The van der Waals surface area contributed by atoms with Crippen molar-refractivity contribution in [3.05, 3.63) is 51.8 Å².